The number of hydrogen-bond donors (Lipinski definition) is 2. The number of thioether (sulfide) groups is 1. The lowest BCUT2D eigenvalue weighted by Gasteiger charge is -2.19. The van der Waals surface area contributed by atoms with E-state index in [1.54, 1.807) is 12.3 Å². The van der Waals surface area contributed by atoms with E-state index in [1.807, 2.05) is 20.8 Å². The van der Waals surface area contributed by atoms with Crippen molar-refractivity contribution in [2.24, 2.45) is 0 Å². The van der Waals surface area contributed by atoms with Gasteiger partial charge < -0.3 is 20.1 Å². The van der Waals surface area contributed by atoms with Crippen LogP contribution in [-0.2, 0) is 4.79 Å². The monoisotopic (exact) mass is 439 g/mol. The summed E-state index contributed by atoms with van der Waals surface area (Å²) in [5.74, 6) is 7.76. The van der Waals surface area contributed by atoms with Crippen LogP contribution in [0.2, 0.25) is 0 Å². The smallest absolute Gasteiger partial charge is 0.235 e. The number of amides is 1. The molecular formula is C21H25N7O2S. The van der Waals surface area contributed by atoms with Gasteiger partial charge in [0.1, 0.15) is 17.6 Å². The summed E-state index contributed by atoms with van der Waals surface area (Å²) in [6.45, 7) is 5.76. The number of nitrogens with two attached hydrogens (primary N) is 1. The van der Waals surface area contributed by atoms with Crippen molar-refractivity contribution in [3.8, 4) is 17.5 Å². The highest BCUT2D eigenvalue weighted by atomic mass is 32.2. The zero-order valence-corrected chi connectivity index (χ0v) is 18.6. The highest BCUT2D eigenvalue weighted by Crippen LogP contribution is 2.37. The Kier molecular flexibility index (Phi) is 5.78. The first-order valence-corrected chi connectivity index (χ1v) is 11.2. The number of nitrogens with one attached hydrogen (secondary N) is 1. The summed E-state index contributed by atoms with van der Waals surface area (Å²) in [5, 5.41) is 21.3. The molecule has 0 aliphatic heterocycles. The van der Waals surface area contributed by atoms with E-state index in [9.17, 15) is 10.1 Å². The van der Waals surface area contributed by atoms with E-state index in [4.69, 9.17) is 10.3 Å². The molecule has 0 aromatic carbocycles. The number of nitrogens with zero attached hydrogens (tertiary/aromatic N) is 5. The topological polar surface area (TPSA) is 128 Å². The van der Waals surface area contributed by atoms with Crippen LogP contribution in [0.3, 0.4) is 0 Å². The molecule has 4 rings (SSSR count). The number of furan rings is 1. The van der Waals surface area contributed by atoms with Crippen LogP contribution >= 0.6 is 11.8 Å². The van der Waals surface area contributed by atoms with Crippen molar-refractivity contribution in [2.75, 3.05) is 16.9 Å². The molecule has 3 aromatic rings. The van der Waals surface area contributed by atoms with Crippen molar-refractivity contribution in [1.29, 1.82) is 5.26 Å². The summed E-state index contributed by atoms with van der Waals surface area (Å²) >= 11 is 1.19. The zero-order valence-electron chi connectivity index (χ0n) is 17.8. The van der Waals surface area contributed by atoms with E-state index in [0.717, 1.165) is 42.5 Å². The predicted octanol–water partition coefficient (Wildman–Crippen LogP) is 3.70. The van der Waals surface area contributed by atoms with Crippen molar-refractivity contribution >= 4 is 23.5 Å². The zero-order chi connectivity index (χ0) is 22.1. The van der Waals surface area contributed by atoms with E-state index < -0.39 is 0 Å². The number of anilines is 1. The standard InChI is InChI=1S/C21H25N7O2S/c1-12-13(2)27(15-6-4-5-7-15)19(17(12)10-22)24-18(29)11-31-21-26-25-20(28(21)23)16-8-9-30-14(16)3/h8-9,15H,4-7,11,23H2,1-3H3,(H,24,29). The second kappa shape index (κ2) is 8.51. The Morgan fingerprint density at radius 2 is 2.10 bits per heavy atom. The Bertz CT molecular complexity index is 1160. The lowest BCUT2D eigenvalue weighted by Crippen LogP contribution is -2.20. The molecule has 1 amide bonds. The molecule has 3 N–H and O–H groups in total. The van der Waals surface area contributed by atoms with Crippen molar-refractivity contribution in [2.45, 2.75) is 57.7 Å². The number of hydrogen-bond acceptors (Lipinski definition) is 7. The van der Waals surface area contributed by atoms with Crippen LogP contribution in [-0.4, -0.2) is 31.1 Å². The predicted molar refractivity (Wildman–Crippen MR) is 118 cm³/mol. The Morgan fingerprint density at radius 3 is 2.74 bits per heavy atom. The molecule has 0 unspecified atom stereocenters. The third kappa shape index (κ3) is 3.81. The van der Waals surface area contributed by atoms with Crippen LogP contribution in [0.25, 0.3) is 11.4 Å². The van der Waals surface area contributed by atoms with Crippen LogP contribution in [0, 0.1) is 32.1 Å². The molecule has 9 nitrogen and oxygen atoms in total. The van der Waals surface area contributed by atoms with Gasteiger partial charge in [-0.05, 0) is 45.2 Å². The quantitative estimate of drug-likeness (QED) is 0.443. The van der Waals surface area contributed by atoms with Crippen LogP contribution in [0.15, 0.2) is 21.9 Å². The van der Waals surface area contributed by atoms with E-state index >= 15 is 0 Å². The van der Waals surface area contributed by atoms with E-state index in [2.05, 4.69) is 26.2 Å². The van der Waals surface area contributed by atoms with Crippen LogP contribution < -0.4 is 11.2 Å². The molecule has 0 radical (unpaired) electrons. The van der Waals surface area contributed by atoms with Crippen molar-refractivity contribution < 1.29 is 9.21 Å². The molecule has 3 heterocycles. The van der Waals surface area contributed by atoms with Gasteiger partial charge >= 0.3 is 0 Å². The van der Waals surface area contributed by atoms with Crippen molar-refractivity contribution in [3.05, 3.63) is 34.9 Å². The van der Waals surface area contributed by atoms with Gasteiger partial charge in [-0.15, -0.1) is 10.2 Å². The maximum atomic E-state index is 12.8. The number of carbonyl (C=O) groups excluding carboxylic acids is 1. The van der Waals surface area contributed by atoms with Gasteiger partial charge in [-0.2, -0.15) is 5.26 Å². The number of aryl methyl sites for hydroxylation is 1. The molecule has 0 atom stereocenters. The van der Waals surface area contributed by atoms with Gasteiger partial charge in [0, 0.05) is 11.7 Å². The molecule has 1 aliphatic rings. The fraction of sp³-hybridized carbons (Fsp3) is 0.429. The molecule has 31 heavy (non-hydrogen) atoms. The van der Waals surface area contributed by atoms with Gasteiger partial charge in [0.25, 0.3) is 0 Å². The SMILES string of the molecule is Cc1occc1-c1nnc(SCC(=O)Nc2c(C#N)c(C)c(C)n2C2CCCC2)n1N. The highest BCUT2D eigenvalue weighted by Gasteiger charge is 2.27. The van der Waals surface area contributed by atoms with Gasteiger partial charge in [0.2, 0.25) is 11.1 Å². The average Bonchev–Trinajstić information content (AvgIpc) is 3.51. The summed E-state index contributed by atoms with van der Waals surface area (Å²) < 4.78 is 8.79. The second-order valence-corrected chi connectivity index (χ2v) is 8.70. The number of carbonyl (C=O) groups is 1. The second-order valence-electron chi connectivity index (χ2n) is 7.76. The van der Waals surface area contributed by atoms with Crippen molar-refractivity contribution in [3.63, 3.8) is 0 Å². The molecule has 1 fully saturated rings. The molecule has 0 bridgehead atoms. The van der Waals surface area contributed by atoms with Gasteiger partial charge in [-0.25, -0.2) is 4.68 Å². The summed E-state index contributed by atoms with van der Waals surface area (Å²) in [6, 6.07) is 4.35. The lowest BCUT2D eigenvalue weighted by atomic mass is 10.2. The Labute approximate surface area is 184 Å². The third-order valence-electron chi connectivity index (χ3n) is 5.91. The first-order valence-electron chi connectivity index (χ1n) is 10.2. The molecule has 0 saturated heterocycles. The minimum Gasteiger partial charge on any atom is -0.469 e. The van der Waals surface area contributed by atoms with Crippen LogP contribution in [0.1, 0.15) is 54.3 Å². The minimum absolute atomic E-state index is 0.0957. The van der Waals surface area contributed by atoms with Gasteiger partial charge in [0.15, 0.2) is 5.82 Å². The van der Waals surface area contributed by atoms with E-state index in [0.29, 0.717) is 34.2 Å². The Hall–Kier alpha value is -3.19. The van der Waals surface area contributed by atoms with Gasteiger partial charge in [-0.1, -0.05) is 24.6 Å². The van der Waals surface area contributed by atoms with Gasteiger partial charge in [-0.3, -0.25) is 4.79 Å². The largest absolute Gasteiger partial charge is 0.469 e. The Morgan fingerprint density at radius 1 is 1.35 bits per heavy atom. The third-order valence-corrected chi connectivity index (χ3v) is 6.86. The van der Waals surface area contributed by atoms with Crippen LogP contribution in [0.5, 0.6) is 0 Å². The molecule has 3 aromatic heterocycles. The maximum absolute atomic E-state index is 12.8. The fourth-order valence-electron chi connectivity index (χ4n) is 4.18. The summed E-state index contributed by atoms with van der Waals surface area (Å²) in [4.78, 5) is 12.8. The van der Waals surface area contributed by atoms with E-state index in [1.165, 1.54) is 16.4 Å². The number of aromatic nitrogens is 4. The number of nitriles is 1. The first kappa shape index (κ1) is 21.1. The van der Waals surface area contributed by atoms with E-state index in [-0.39, 0.29) is 11.7 Å². The molecule has 10 heteroatoms. The number of nitrogen functional groups attached to an aromatic ring is 1. The normalized spacial score (nSPS) is 14.1. The first-order chi connectivity index (χ1) is 14.9. The number of rotatable bonds is 6. The average molecular weight is 440 g/mol. The fourth-order valence-corrected chi connectivity index (χ4v) is 4.84. The van der Waals surface area contributed by atoms with Gasteiger partial charge in [0.05, 0.1) is 23.1 Å². The summed E-state index contributed by atoms with van der Waals surface area (Å²) in [5.41, 5.74) is 3.24. The highest BCUT2D eigenvalue weighted by molar-refractivity contribution is 7.99. The Balaban J connectivity index is 1.50. The molecule has 0 spiro atoms. The summed E-state index contributed by atoms with van der Waals surface area (Å²) in [7, 11) is 0. The van der Waals surface area contributed by atoms with Crippen LogP contribution in [0.4, 0.5) is 5.82 Å². The lowest BCUT2D eigenvalue weighted by molar-refractivity contribution is -0.113. The minimum atomic E-state index is -0.220. The van der Waals surface area contributed by atoms with Crippen molar-refractivity contribution in [1.82, 2.24) is 19.4 Å². The molecule has 1 aliphatic carbocycles. The molecule has 162 valence electrons. The molecular weight excluding hydrogens is 414 g/mol. The molecule has 1 saturated carbocycles. The summed E-state index contributed by atoms with van der Waals surface area (Å²) in [6.07, 6.45) is 6.01. The maximum Gasteiger partial charge on any atom is 0.235 e.